The third-order valence-electron chi connectivity index (χ3n) is 5.62. The molecule has 158 valence electrons. The molecule has 0 bridgehead atoms. The van der Waals surface area contributed by atoms with Crippen molar-refractivity contribution in [3.63, 3.8) is 0 Å². The van der Waals surface area contributed by atoms with E-state index < -0.39 is 6.23 Å². The van der Waals surface area contributed by atoms with Gasteiger partial charge in [-0.05, 0) is 54.1 Å². The number of ether oxygens (including phenoxy) is 3. The highest BCUT2D eigenvalue weighted by molar-refractivity contribution is 9.10. The van der Waals surface area contributed by atoms with E-state index in [4.69, 9.17) is 30.9 Å². The molecule has 0 radical (unpaired) electrons. The Labute approximate surface area is 194 Å². The number of benzene rings is 3. The van der Waals surface area contributed by atoms with Crippen molar-refractivity contribution in [3.8, 4) is 17.2 Å². The molecule has 2 aliphatic heterocycles. The first-order valence-electron chi connectivity index (χ1n) is 9.87. The molecule has 7 heteroatoms. The van der Waals surface area contributed by atoms with E-state index in [0.717, 1.165) is 39.0 Å². The van der Waals surface area contributed by atoms with E-state index in [-0.39, 0.29) is 6.04 Å². The molecule has 3 aromatic carbocycles. The average molecular weight is 500 g/mol. The van der Waals surface area contributed by atoms with Gasteiger partial charge in [0.1, 0.15) is 5.75 Å². The molecule has 2 heterocycles. The number of hydrogen-bond donors (Lipinski definition) is 0. The summed E-state index contributed by atoms with van der Waals surface area (Å²) < 4.78 is 18.4. The first kappa shape index (κ1) is 20.2. The number of methoxy groups -OCH3 is 2. The highest BCUT2D eigenvalue weighted by Crippen LogP contribution is 2.49. The molecule has 0 aromatic heterocycles. The Kier molecular flexibility index (Phi) is 5.28. The fourth-order valence-corrected chi connectivity index (χ4v) is 4.55. The summed E-state index contributed by atoms with van der Waals surface area (Å²) in [5.41, 5.74) is 4.08. The fraction of sp³-hybridized carbons (Fsp3) is 0.208. The summed E-state index contributed by atoms with van der Waals surface area (Å²) in [6, 6.07) is 19.8. The minimum Gasteiger partial charge on any atom is -0.493 e. The van der Waals surface area contributed by atoms with Gasteiger partial charge in [-0.2, -0.15) is 5.10 Å². The average Bonchev–Trinajstić information content (AvgIpc) is 3.24. The first-order valence-corrected chi connectivity index (χ1v) is 11.0. The minimum absolute atomic E-state index is 0.0270. The van der Waals surface area contributed by atoms with Gasteiger partial charge in [0.15, 0.2) is 11.5 Å². The zero-order valence-corrected chi connectivity index (χ0v) is 19.4. The smallest absolute Gasteiger partial charge is 0.214 e. The van der Waals surface area contributed by atoms with Crippen LogP contribution in [-0.2, 0) is 0 Å². The van der Waals surface area contributed by atoms with Crippen LogP contribution in [0, 0.1) is 0 Å². The predicted molar refractivity (Wildman–Crippen MR) is 124 cm³/mol. The van der Waals surface area contributed by atoms with Crippen molar-refractivity contribution in [2.45, 2.75) is 18.7 Å². The Bertz CT molecular complexity index is 1170. The lowest BCUT2D eigenvalue weighted by Gasteiger charge is -2.38. The lowest BCUT2D eigenvalue weighted by molar-refractivity contribution is -0.0191. The van der Waals surface area contributed by atoms with E-state index in [1.807, 2.05) is 53.5 Å². The Morgan fingerprint density at radius 1 is 1.00 bits per heavy atom. The number of hydrazone groups is 1. The summed E-state index contributed by atoms with van der Waals surface area (Å²) in [7, 11) is 3.25. The zero-order chi connectivity index (χ0) is 21.5. The van der Waals surface area contributed by atoms with Gasteiger partial charge in [-0.15, -0.1) is 0 Å². The number of nitrogens with zero attached hydrogens (tertiary/aromatic N) is 2. The van der Waals surface area contributed by atoms with Crippen LogP contribution in [0.5, 0.6) is 17.2 Å². The van der Waals surface area contributed by atoms with Crippen molar-refractivity contribution < 1.29 is 14.2 Å². The quantitative estimate of drug-likeness (QED) is 0.419. The van der Waals surface area contributed by atoms with Crippen molar-refractivity contribution in [3.05, 3.63) is 86.8 Å². The van der Waals surface area contributed by atoms with Crippen LogP contribution in [0.2, 0.25) is 5.02 Å². The molecule has 2 aliphatic rings. The molecular weight excluding hydrogens is 480 g/mol. The molecule has 0 aliphatic carbocycles. The van der Waals surface area contributed by atoms with E-state index >= 15 is 0 Å². The van der Waals surface area contributed by atoms with Gasteiger partial charge in [0.05, 0.1) is 26.0 Å². The van der Waals surface area contributed by atoms with Crippen LogP contribution in [0.25, 0.3) is 0 Å². The predicted octanol–water partition coefficient (Wildman–Crippen LogP) is 6.36. The minimum atomic E-state index is -0.397. The van der Waals surface area contributed by atoms with Crippen LogP contribution in [-0.4, -0.2) is 24.9 Å². The molecule has 2 atom stereocenters. The summed E-state index contributed by atoms with van der Waals surface area (Å²) in [5, 5.41) is 7.70. The van der Waals surface area contributed by atoms with Gasteiger partial charge in [0.2, 0.25) is 6.23 Å². The second-order valence-electron chi connectivity index (χ2n) is 7.42. The summed E-state index contributed by atoms with van der Waals surface area (Å²) in [5.74, 6) is 2.14. The zero-order valence-electron chi connectivity index (χ0n) is 17.0. The molecule has 0 unspecified atom stereocenters. The highest BCUT2D eigenvalue weighted by atomic mass is 79.9. The van der Waals surface area contributed by atoms with E-state index in [9.17, 15) is 0 Å². The van der Waals surface area contributed by atoms with Crippen molar-refractivity contribution >= 4 is 33.2 Å². The number of rotatable bonds is 4. The van der Waals surface area contributed by atoms with Crippen LogP contribution in [0.4, 0.5) is 0 Å². The molecule has 31 heavy (non-hydrogen) atoms. The van der Waals surface area contributed by atoms with Crippen LogP contribution < -0.4 is 14.2 Å². The van der Waals surface area contributed by atoms with Crippen LogP contribution in [0.1, 0.15) is 35.4 Å². The van der Waals surface area contributed by atoms with E-state index in [1.54, 1.807) is 14.2 Å². The fourth-order valence-electron chi connectivity index (χ4n) is 4.10. The van der Waals surface area contributed by atoms with Gasteiger partial charge in [-0.1, -0.05) is 39.7 Å². The molecule has 0 amide bonds. The maximum atomic E-state index is 6.42. The van der Waals surface area contributed by atoms with Crippen LogP contribution in [0.3, 0.4) is 0 Å². The number of hydrogen-bond acceptors (Lipinski definition) is 5. The second-order valence-corrected chi connectivity index (χ2v) is 8.77. The third-order valence-corrected chi connectivity index (χ3v) is 6.39. The maximum Gasteiger partial charge on any atom is 0.214 e. The maximum absolute atomic E-state index is 6.42. The largest absolute Gasteiger partial charge is 0.493 e. The summed E-state index contributed by atoms with van der Waals surface area (Å²) in [4.78, 5) is 0. The third kappa shape index (κ3) is 3.64. The van der Waals surface area contributed by atoms with Crippen LogP contribution in [0.15, 0.2) is 70.2 Å². The Balaban J connectivity index is 1.60. The highest BCUT2D eigenvalue weighted by Gasteiger charge is 2.41. The van der Waals surface area contributed by atoms with Crippen LogP contribution >= 0.6 is 27.5 Å². The molecule has 5 rings (SSSR count). The van der Waals surface area contributed by atoms with Crippen molar-refractivity contribution in [1.29, 1.82) is 0 Å². The molecule has 0 saturated carbocycles. The molecule has 5 nitrogen and oxygen atoms in total. The van der Waals surface area contributed by atoms with Gasteiger partial charge in [0, 0.05) is 27.0 Å². The molecule has 3 aromatic rings. The Morgan fingerprint density at radius 3 is 2.52 bits per heavy atom. The normalized spacial score (nSPS) is 19.2. The molecular formula is C24H20BrClN2O3. The molecule has 0 spiro atoms. The van der Waals surface area contributed by atoms with E-state index in [0.29, 0.717) is 16.5 Å². The topological polar surface area (TPSA) is 43.3 Å². The molecule has 0 fully saturated rings. The van der Waals surface area contributed by atoms with Gasteiger partial charge < -0.3 is 14.2 Å². The lowest BCUT2D eigenvalue weighted by atomic mass is 9.96. The van der Waals surface area contributed by atoms with Crippen molar-refractivity contribution in [2.75, 3.05) is 14.2 Å². The first-order chi connectivity index (χ1) is 15.1. The summed E-state index contributed by atoms with van der Waals surface area (Å²) in [6.45, 7) is 0. The molecule has 0 N–H and O–H groups in total. The van der Waals surface area contributed by atoms with Gasteiger partial charge in [-0.25, -0.2) is 5.01 Å². The monoisotopic (exact) mass is 498 g/mol. The van der Waals surface area contributed by atoms with Gasteiger partial charge in [0.25, 0.3) is 0 Å². The number of halogens is 2. The Hall–Kier alpha value is -2.70. The van der Waals surface area contributed by atoms with E-state index in [2.05, 4.69) is 28.1 Å². The summed E-state index contributed by atoms with van der Waals surface area (Å²) >= 11 is 9.82. The van der Waals surface area contributed by atoms with Gasteiger partial charge in [-0.3, -0.25) is 0 Å². The lowest BCUT2D eigenvalue weighted by Crippen LogP contribution is -2.33. The van der Waals surface area contributed by atoms with Crippen molar-refractivity contribution in [2.24, 2.45) is 5.10 Å². The summed E-state index contributed by atoms with van der Waals surface area (Å²) in [6.07, 6.45) is 0.369. The number of fused-ring (bicyclic) bond motifs is 3. The SMILES string of the molecule is COc1ccc([C@H]2Oc3ccc(Cl)cc3[C@H]3CC(c4ccc(Br)cc4)=NN32)cc1OC. The standard InChI is InChI=1S/C24H20BrClN2O3/c1-29-22-9-5-15(11-23(22)30-2)24-28-20(18-12-17(26)8-10-21(18)31-24)13-19(27-28)14-3-6-16(25)7-4-14/h3-12,20,24H,13H2,1-2H3/t20-,24-/m1/s1. The Morgan fingerprint density at radius 2 is 1.77 bits per heavy atom. The van der Waals surface area contributed by atoms with Crippen molar-refractivity contribution in [1.82, 2.24) is 5.01 Å². The van der Waals surface area contributed by atoms with Gasteiger partial charge >= 0.3 is 0 Å². The second kappa shape index (κ2) is 8.09. The van der Waals surface area contributed by atoms with E-state index in [1.165, 1.54) is 0 Å². The molecule has 0 saturated heterocycles.